The standard InChI is InChI=1S/C17H16Cl2N6O2S2/c1-9-7-28-16(20-9)22-14(27)8-29-17-24-23-12(25(17)2)6-13(26)21-11-5-3-4-10(18)15(11)19/h3-5,7H,6,8H2,1-2H3,(H,21,26)(H,20,22,27). The number of aromatic nitrogens is 4. The maximum atomic E-state index is 12.3. The molecule has 0 radical (unpaired) electrons. The molecule has 0 bridgehead atoms. The Hall–Kier alpha value is -2.14. The van der Waals surface area contributed by atoms with E-state index in [0.29, 0.717) is 26.8 Å². The molecule has 2 aromatic heterocycles. The summed E-state index contributed by atoms with van der Waals surface area (Å²) in [7, 11) is 1.74. The van der Waals surface area contributed by atoms with E-state index in [1.54, 1.807) is 29.8 Å². The van der Waals surface area contributed by atoms with Crippen LogP contribution in [0.25, 0.3) is 0 Å². The summed E-state index contributed by atoms with van der Waals surface area (Å²) in [5.74, 6) is 0.106. The van der Waals surface area contributed by atoms with Gasteiger partial charge in [0.2, 0.25) is 11.8 Å². The molecule has 2 heterocycles. The number of thiazole rings is 1. The quantitative estimate of drug-likeness (QED) is 0.509. The van der Waals surface area contributed by atoms with Crippen LogP contribution < -0.4 is 10.6 Å². The number of carbonyl (C=O) groups excluding carboxylic acids is 2. The van der Waals surface area contributed by atoms with Crippen LogP contribution >= 0.6 is 46.3 Å². The van der Waals surface area contributed by atoms with Gasteiger partial charge in [0, 0.05) is 12.4 Å². The molecule has 0 saturated heterocycles. The van der Waals surface area contributed by atoms with Gasteiger partial charge in [0.1, 0.15) is 5.82 Å². The van der Waals surface area contributed by atoms with Crippen LogP contribution in [0, 0.1) is 6.92 Å². The van der Waals surface area contributed by atoms with E-state index in [-0.39, 0.29) is 29.0 Å². The molecule has 0 aliphatic carbocycles. The van der Waals surface area contributed by atoms with Crippen molar-refractivity contribution in [1.82, 2.24) is 19.7 Å². The summed E-state index contributed by atoms with van der Waals surface area (Å²) in [6.07, 6.45) is -0.00249. The highest BCUT2D eigenvalue weighted by atomic mass is 35.5. The van der Waals surface area contributed by atoms with Gasteiger partial charge in [0.05, 0.1) is 33.6 Å². The Bertz CT molecular complexity index is 1050. The number of aryl methyl sites for hydroxylation is 1. The smallest absolute Gasteiger partial charge is 0.236 e. The number of rotatable bonds is 7. The number of amides is 2. The van der Waals surface area contributed by atoms with Crippen LogP contribution in [0.4, 0.5) is 10.8 Å². The van der Waals surface area contributed by atoms with E-state index in [4.69, 9.17) is 23.2 Å². The molecule has 3 rings (SSSR count). The largest absolute Gasteiger partial charge is 0.324 e. The van der Waals surface area contributed by atoms with Gasteiger partial charge in [-0.1, -0.05) is 41.0 Å². The monoisotopic (exact) mass is 470 g/mol. The molecular weight excluding hydrogens is 455 g/mol. The fraction of sp³-hybridized carbons (Fsp3) is 0.235. The molecular formula is C17H16Cl2N6O2S2. The Morgan fingerprint density at radius 2 is 2.00 bits per heavy atom. The Balaban J connectivity index is 1.55. The molecule has 0 spiro atoms. The Labute approximate surface area is 185 Å². The predicted octanol–water partition coefficient (Wildman–Crippen LogP) is 3.80. The van der Waals surface area contributed by atoms with Crippen molar-refractivity contribution in [3.8, 4) is 0 Å². The number of nitrogens with one attached hydrogen (secondary N) is 2. The fourth-order valence-corrected chi connectivity index (χ4v) is 4.04. The van der Waals surface area contributed by atoms with Crippen molar-refractivity contribution in [1.29, 1.82) is 0 Å². The van der Waals surface area contributed by atoms with E-state index in [9.17, 15) is 9.59 Å². The van der Waals surface area contributed by atoms with Crippen molar-refractivity contribution < 1.29 is 9.59 Å². The van der Waals surface area contributed by atoms with Crippen molar-refractivity contribution in [3.63, 3.8) is 0 Å². The van der Waals surface area contributed by atoms with E-state index >= 15 is 0 Å². The van der Waals surface area contributed by atoms with Gasteiger partial charge < -0.3 is 15.2 Å². The van der Waals surface area contributed by atoms with Gasteiger partial charge in [0.15, 0.2) is 10.3 Å². The summed E-state index contributed by atoms with van der Waals surface area (Å²) < 4.78 is 1.67. The normalized spacial score (nSPS) is 10.8. The molecule has 0 aliphatic heterocycles. The van der Waals surface area contributed by atoms with Gasteiger partial charge in [-0.15, -0.1) is 21.5 Å². The zero-order chi connectivity index (χ0) is 21.0. The van der Waals surface area contributed by atoms with Gasteiger partial charge in [-0.05, 0) is 19.1 Å². The molecule has 8 nitrogen and oxygen atoms in total. The zero-order valence-corrected chi connectivity index (χ0v) is 18.5. The average Bonchev–Trinajstić information content (AvgIpc) is 3.23. The topological polar surface area (TPSA) is 102 Å². The SMILES string of the molecule is Cc1csc(NC(=O)CSc2nnc(CC(=O)Nc3cccc(Cl)c3Cl)n2C)n1. The van der Waals surface area contributed by atoms with Gasteiger partial charge in [-0.3, -0.25) is 9.59 Å². The fourth-order valence-electron chi connectivity index (χ4n) is 2.26. The lowest BCUT2D eigenvalue weighted by Crippen LogP contribution is -2.17. The number of nitrogens with zero attached hydrogens (tertiary/aromatic N) is 4. The number of carbonyl (C=O) groups is 2. The minimum absolute atomic E-state index is 0.00249. The van der Waals surface area contributed by atoms with Crippen LogP contribution in [0.2, 0.25) is 10.0 Å². The minimum atomic E-state index is -0.307. The number of benzene rings is 1. The van der Waals surface area contributed by atoms with Gasteiger partial charge in [-0.2, -0.15) is 0 Å². The molecule has 29 heavy (non-hydrogen) atoms. The van der Waals surface area contributed by atoms with Crippen LogP contribution in [0.3, 0.4) is 0 Å². The summed E-state index contributed by atoms with van der Waals surface area (Å²) in [4.78, 5) is 28.5. The second kappa shape index (κ2) is 9.57. The average molecular weight is 471 g/mol. The minimum Gasteiger partial charge on any atom is -0.324 e. The lowest BCUT2D eigenvalue weighted by Gasteiger charge is -2.08. The van der Waals surface area contributed by atoms with Gasteiger partial charge in [0.25, 0.3) is 0 Å². The molecule has 0 fully saturated rings. The van der Waals surface area contributed by atoms with Crippen molar-refractivity contribution in [3.05, 3.63) is 45.1 Å². The van der Waals surface area contributed by atoms with E-state index in [2.05, 4.69) is 25.8 Å². The third kappa shape index (κ3) is 5.69. The first-order valence-corrected chi connectivity index (χ1v) is 10.9. The number of hydrogen-bond donors (Lipinski definition) is 2. The molecule has 2 amide bonds. The van der Waals surface area contributed by atoms with Crippen LogP contribution in [0.15, 0.2) is 28.7 Å². The zero-order valence-electron chi connectivity index (χ0n) is 15.4. The van der Waals surface area contributed by atoms with Crippen molar-refractivity contribution in [2.24, 2.45) is 7.05 Å². The summed E-state index contributed by atoms with van der Waals surface area (Å²) in [5.41, 5.74) is 1.28. The first-order chi connectivity index (χ1) is 13.8. The molecule has 1 aromatic carbocycles. The Morgan fingerprint density at radius 1 is 1.21 bits per heavy atom. The van der Waals surface area contributed by atoms with Crippen LogP contribution in [0.1, 0.15) is 11.5 Å². The number of anilines is 2. The number of hydrogen-bond acceptors (Lipinski definition) is 7. The lowest BCUT2D eigenvalue weighted by molar-refractivity contribution is -0.116. The summed E-state index contributed by atoms with van der Waals surface area (Å²) in [6, 6.07) is 4.99. The van der Waals surface area contributed by atoms with E-state index < -0.39 is 0 Å². The highest BCUT2D eigenvalue weighted by Crippen LogP contribution is 2.29. The molecule has 0 unspecified atom stereocenters. The van der Waals surface area contributed by atoms with Crippen molar-refractivity contribution in [2.75, 3.05) is 16.4 Å². The lowest BCUT2D eigenvalue weighted by atomic mass is 10.3. The van der Waals surface area contributed by atoms with Crippen molar-refractivity contribution >= 4 is 68.9 Å². The predicted molar refractivity (Wildman–Crippen MR) is 116 cm³/mol. The molecule has 2 N–H and O–H groups in total. The summed E-state index contributed by atoms with van der Waals surface area (Å²) >= 11 is 14.6. The van der Waals surface area contributed by atoms with Gasteiger partial charge in [-0.25, -0.2) is 4.98 Å². The first-order valence-electron chi connectivity index (χ1n) is 8.30. The summed E-state index contributed by atoms with van der Waals surface area (Å²) in [5, 5.41) is 17.1. The summed E-state index contributed by atoms with van der Waals surface area (Å²) in [6.45, 7) is 1.86. The highest BCUT2D eigenvalue weighted by Gasteiger charge is 2.16. The van der Waals surface area contributed by atoms with E-state index in [0.717, 1.165) is 5.69 Å². The second-order valence-electron chi connectivity index (χ2n) is 5.92. The van der Waals surface area contributed by atoms with E-state index in [1.165, 1.54) is 23.1 Å². The Kier molecular flexibility index (Phi) is 7.12. The molecule has 0 saturated carbocycles. The second-order valence-corrected chi connectivity index (χ2v) is 8.50. The molecule has 3 aromatic rings. The first kappa shape index (κ1) is 21.6. The highest BCUT2D eigenvalue weighted by molar-refractivity contribution is 7.99. The van der Waals surface area contributed by atoms with E-state index in [1.807, 2.05) is 12.3 Å². The molecule has 0 aliphatic rings. The molecule has 152 valence electrons. The maximum Gasteiger partial charge on any atom is 0.236 e. The number of thioether (sulfide) groups is 1. The third-order valence-electron chi connectivity index (χ3n) is 3.67. The van der Waals surface area contributed by atoms with Gasteiger partial charge >= 0.3 is 0 Å². The third-order valence-corrected chi connectivity index (χ3v) is 6.38. The Morgan fingerprint density at radius 3 is 2.72 bits per heavy atom. The molecule has 0 atom stereocenters. The van der Waals surface area contributed by atoms with Crippen LogP contribution in [-0.4, -0.2) is 37.3 Å². The van der Waals surface area contributed by atoms with Crippen LogP contribution in [-0.2, 0) is 23.1 Å². The van der Waals surface area contributed by atoms with Crippen molar-refractivity contribution in [2.45, 2.75) is 18.5 Å². The maximum absolute atomic E-state index is 12.3. The molecule has 12 heteroatoms. The van der Waals surface area contributed by atoms with Crippen LogP contribution in [0.5, 0.6) is 0 Å². The number of halogens is 2.